The molecule has 22 heavy (non-hydrogen) atoms. The molecule has 2 aliphatic rings. The van der Waals surface area contributed by atoms with E-state index in [1.807, 2.05) is 0 Å². The van der Waals surface area contributed by atoms with E-state index in [2.05, 4.69) is 16.7 Å². The number of hydrogen-bond donors (Lipinski definition) is 0. The van der Waals surface area contributed by atoms with Gasteiger partial charge in [-0.3, -0.25) is 0 Å². The van der Waals surface area contributed by atoms with Crippen LogP contribution in [0.15, 0.2) is 24.3 Å². The van der Waals surface area contributed by atoms with Gasteiger partial charge in [-0.2, -0.15) is 0 Å². The molecule has 2 aliphatic heterocycles. The molecule has 3 nitrogen and oxygen atoms in total. The molecule has 0 radical (unpaired) electrons. The second-order valence-corrected chi connectivity index (χ2v) is 6.11. The second kappa shape index (κ2) is 6.08. The lowest BCUT2D eigenvalue weighted by Gasteiger charge is -2.36. The molecule has 0 saturated carbocycles. The quantitative estimate of drug-likeness (QED) is 0.845. The van der Waals surface area contributed by atoms with E-state index in [1.54, 1.807) is 12.1 Å². The highest BCUT2D eigenvalue weighted by molar-refractivity contribution is 5.32. The van der Waals surface area contributed by atoms with E-state index in [4.69, 9.17) is 4.74 Å². The van der Waals surface area contributed by atoms with Crippen LogP contribution in [0.5, 0.6) is 5.75 Å². The van der Waals surface area contributed by atoms with E-state index >= 15 is 0 Å². The molecule has 122 valence electrons. The maximum Gasteiger partial charge on any atom is 0.573 e. The van der Waals surface area contributed by atoms with E-state index in [-0.39, 0.29) is 18.5 Å². The van der Waals surface area contributed by atoms with Gasteiger partial charge in [0.05, 0.1) is 12.7 Å². The van der Waals surface area contributed by atoms with Gasteiger partial charge in [-0.05, 0) is 38.8 Å². The van der Waals surface area contributed by atoms with Crippen molar-refractivity contribution < 1.29 is 22.6 Å². The summed E-state index contributed by atoms with van der Waals surface area (Å²) in [5.41, 5.74) is 0.436. The Labute approximate surface area is 128 Å². The molecular weight excluding hydrogens is 295 g/mol. The summed E-state index contributed by atoms with van der Waals surface area (Å²) in [7, 11) is 2.14. The van der Waals surface area contributed by atoms with Crippen LogP contribution in [-0.4, -0.2) is 36.5 Å². The summed E-state index contributed by atoms with van der Waals surface area (Å²) in [5, 5.41) is 0. The molecule has 2 unspecified atom stereocenters. The van der Waals surface area contributed by atoms with Gasteiger partial charge in [0.25, 0.3) is 0 Å². The lowest BCUT2D eigenvalue weighted by Crippen LogP contribution is -2.42. The van der Waals surface area contributed by atoms with Crippen molar-refractivity contribution in [3.8, 4) is 5.75 Å². The second-order valence-electron chi connectivity index (χ2n) is 6.11. The van der Waals surface area contributed by atoms with Crippen LogP contribution in [-0.2, 0) is 11.3 Å². The van der Waals surface area contributed by atoms with Crippen LogP contribution in [0.1, 0.15) is 31.2 Å². The Balaban J connectivity index is 1.60. The van der Waals surface area contributed by atoms with Crippen LogP contribution in [0.3, 0.4) is 0 Å². The molecule has 2 heterocycles. The first-order chi connectivity index (χ1) is 10.4. The Hall–Kier alpha value is -1.27. The third kappa shape index (κ3) is 3.55. The SMILES string of the molecule is CN1C2CCC1CC(OCc1ccccc1OC(F)(F)F)C2. The standard InChI is InChI=1S/C16H20F3NO2/c1-20-12-6-7-13(20)9-14(8-12)21-10-11-4-2-3-5-15(11)22-16(17,18)19/h2-5,12-14H,6-10H2,1H3. The summed E-state index contributed by atoms with van der Waals surface area (Å²) in [6, 6.07) is 7.26. The highest BCUT2D eigenvalue weighted by Crippen LogP contribution is 2.36. The maximum atomic E-state index is 12.4. The van der Waals surface area contributed by atoms with Crippen LogP contribution >= 0.6 is 0 Å². The molecule has 2 fully saturated rings. The normalized spacial score (nSPS) is 28.8. The number of rotatable bonds is 4. The van der Waals surface area contributed by atoms with Crippen molar-refractivity contribution in [3.05, 3.63) is 29.8 Å². The molecule has 0 aromatic heterocycles. The van der Waals surface area contributed by atoms with Gasteiger partial charge in [0.15, 0.2) is 0 Å². The number of hydrogen-bond acceptors (Lipinski definition) is 3. The molecular formula is C16H20F3NO2. The molecule has 0 spiro atoms. The average molecular weight is 315 g/mol. The lowest BCUT2D eigenvalue weighted by molar-refractivity contribution is -0.275. The number of ether oxygens (including phenoxy) is 2. The largest absolute Gasteiger partial charge is 0.573 e. The highest BCUT2D eigenvalue weighted by Gasteiger charge is 2.39. The summed E-state index contributed by atoms with van der Waals surface area (Å²) in [4.78, 5) is 2.40. The Morgan fingerprint density at radius 3 is 2.41 bits per heavy atom. The first kappa shape index (κ1) is 15.6. The van der Waals surface area contributed by atoms with Crippen molar-refractivity contribution in [2.24, 2.45) is 0 Å². The molecule has 0 amide bonds. The molecule has 1 aromatic carbocycles. The van der Waals surface area contributed by atoms with Crippen LogP contribution in [0.25, 0.3) is 0 Å². The maximum absolute atomic E-state index is 12.4. The van der Waals surface area contributed by atoms with Crippen LogP contribution in [0.2, 0.25) is 0 Å². The van der Waals surface area contributed by atoms with E-state index < -0.39 is 6.36 Å². The van der Waals surface area contributed by atoms with Gasteiger partial charge in [-0.15, -0.1) is 13.2 Å². The molecule has 2 bridgehead atoms. The summed E-state index contributed by atoms with van der Waals surface area (Å²) < 4.78 is 47.1. The van der Waals surface area contributed by atoms with Crippen molar-refractivity contribution in [1.29, 1.82) is 0 Å². The fraction of sp³-hybridized carbons (Fsp3) is 0.625. The van der Waals surface area contributed by atoms with Crippen molar-refractivity contribution in [2.75, 3.05) is 7.05 Å². The minimum atomic E-state index is -4.68. The number of nitrogens with zero attached hydrogens (tertiary/aromatic N) is 1. The van der Waals surface area contributed by atoms with E-state index in [1.165, 1.54) is 25.0 Å². The zero-order valence-corrected chi connectivity index (χ0v) is 12.5. The predicted octanol–water partition coefficient (Wildman–Crippen LogP) is 3.73. The minimum Gasteiger partial charge on any atom is -0.405 e. The van der Waals surface area contributed by atoms with Gasteiger partial charge in [0.2, 0.25) is 0 Å². The fourth-order valence-corrected chi connectivity index (χ4v) is 3.55. The molecule has 0 aliphatic carbocycles. The zero-order valence-electron chi connectivity index (χ0n) is 12.5. The zero-order chi connectivity index (χ0) is 15.7. The molecule has 6 heteroatoms. The first-order valence-corrected chi connectivity index (χ1v) is 7.59. The van der Waals surface area contributed by atoms with Crippen LogP contribution in [0.4, 0.5) is 13.2 Å². The summed E-state index contributed by atoms with van der Waals surface area (Å²) in [6.07, 6.45) is -0.274. The number of alkyl halides is 3. The molecule has 2 saturated heterocycles. The monoisotopic (exact) mass is 315 g/mol. The lowest BCUT2D eigenvalue weighted by atomic mass is 10.0. The van der Waals surface area contributed by atoms with Gasteiger partial charge in [0.1, 0.15) is 5.75 Å². The van der Waals surface area contributed by atoms with Crippen molar-refractivity contribution in [1.82, 2.24) is 4.90 Å². The fourth-order valence-electron chi connectivity index (χ4n) is 3.55. The molecule has 1 aromatic rings. The molecule has 0 N–H and O–H groups in total. The van der Waals surface area contributed by atoms with E-state index in [9.17, 15) is 13.2 Å². The van der Waals surface area contributed by atoms with Crippen molar-refractivity contribution in [2.45, 2.75) is 56.8 Å². The number of fused-ring (bicyclic) bond motifs is 2. The van der Waals surface area contributed by atoms with Gasteiger partial charge < -0.3 is 14.4 Å². The molecule has 3 rings (SSSR count). The Bertz CT molecular complexity index is 506. The Kier molecular flexibility index (Phi) is 4.32. The predicted molar refractivity (Wildman–Crippen MR) is 75.5 cm³/mol. The average Bonchev–Trinajstić information content (AvgIpc) is 2.68. The van der Waals surface area contributed by atoms with Gasteiger partial charge in [0, 0.05) is 17.6 Å². The molecule has 2 atom stereocenters. The first-order valence-electron chi connectivity index (χ1n) is 7.59. The van der Waals surface area contributed by atoms with Crippen LogP contribution < -0.4 is 4.74 Å². The van der Waals surface area contributed by atoms with E-state index in [0.717, 1.165) is 12.8 Å². The topological polar surface area (TPSA) is 21.7 Å². The van der Waals surface area contributed by atoms with Gasteiger partial charge in [-0.25, -0.2) is 0 Å². The third-order valence-corrected chi connectivity index (χ3v) is 4.73. The van der Waals surface area contributed by atoms with Gasteiger partial charge >= 0.3 is 6.36 Å². The summed E-state index contributed by atoms with van der Waals surface area (Å²) in [5.74, 6) is -0.175. The number of halogens is 3. The number of benzene rings is 1. The number of piperidine rings is 1. The summed E-state index contributed by atoms with van der Waals surface area (Å²) in [6.45, 7) is 0.153. The van der Waals surface area contributed by atoms with Crippen molar-refractivity contribution >= 4 is 0 Å². The Morgan fingerprint density at radius 1 is 1.14 bits per heavy atom. The Morgan fingerprint density at radius 2 is 1.77 bits per heavy atom. The number of para-hydroxylation sites is 1. The smallest absolute Gasteiger partial charge is 0.405 e. The minimum absolute atomic E-state index is 0.118. The van der Waals surface area contributed by atoms with Gasteiger partial charge in [-0.1, -0.05) is 18.2 Å². The highest BCUT2D eigenvalue weighted by atomic mass is 19.4. The van der Waals surface area contributed by atoms with Crippen molar-refractivity contribution in [3.63, 3.8) is 0 Å². The summed E-state index contributed by atoms with van der Waals surface area (Å²) >= 11 is 0. The third-order valence-electron chi connectivity index (χ3n) is 4.73. The van der Waals surface area contributed by atoms with E-state index in [0.29, 0.717) is 17.6 Å². The van der Waals surface area contributed by atoms with Crippen LogP contribution in [0, 0.1) is 0 Å².